The number of hydrazine groups is 1. The van der Waals surface area contributed by atoms with Crippen molar-refractivity contribution in [1.82, 2.24) is 10.3 Å². The molecule has 2 aromatic rings. The first-order chi connectivity index (χ1) is 13.0. The highest BCUT2D eigenvalue weighted by Crippen LogP contribution is 2.29. The lowest BCUT2D eigenvalue weighted by Gasteiger charge is -2.17. The number of nitrogens with one attached hydrogen (secondary N) is 2. The van der Waals surface area contributed by atoms with Gasteiger partial charge in [-0.1, -0.05) is 30.7 Å². The number of allylic oxidation sites excluding steroid dienone is 1. The van der Waals surface area contributed by atoms with Crippen LogP contribution in [0.4, 0.5) is 0 Å². The van der Waals surface area contributed by atoms with Gasteiger partial charge in [0.25, 0.3) is 15.9 Å². The van der Waals surface area contributed by atoms with E-state index < -0.39 is 15.9 Å². The Bertz CT molecular complexity index is 982. The van der Waals surface area contributed by atoms with Crippen LogP contribution < -0.4 is 10.3 Å². The van der Waals surface area contributed by atoms with Gasteiger partial charge in [-0.2, -0.15) is 0 Å². The van der Waals surface area contributed by atoms with E-state index in [2.05, 4.69) is 10.3 Å². The number of benzene rings is 1. The van der Waals surface area contributed by atoms with Gasteiger partial charge in [0.05, 0.1) is 9.78 Å². The average molecular weight is 403 g/mol. The van der Waals surface area contributed by atoms with Crippen LogP contribution in [0.3, 0.4) is 0 Å². The molecule has 1 amide bonds. The standard InChI is InChI=1S/C20H22N2O3S2/c23-20(19-13-16-8-2-1-3-9-18(16)26-19)21-22-27(24,25)17-11-10-14-6-4-5-7-15(14)12-17/h4-7,12-13,22H,1-3,8-11H2,(H,21,23). The Labute approximate surface area is 163 Å². The summed E-state index contributed by atoms with van der Waals surface area (Å²) in [5.74, 6) is -0.395. The van der Waals surface area contributed by atoms with Crippen LogP contribution in [0.15, 0.2) is 35.2 Å². The zero-order chi connectivity index (χ0) is 18.9. The van der Waals surface area contributed by atoms with Crippen molar-refractivity contribution in [2.75, 3.05) is 0 Å². The monoisotopic (exact) mass is 402 g/mol. The summed E-state index contributed by atoms with van der Waals surface area (Å²) in [5, 5.41) is 0. The zero-order valence-corrected chi connectivity index (χ0v) is 16.6. The first-order valence-electron chi connectivity index (χ1n) is 9.25. The Morgan fingerprint density at radius 1 is 0.963 bits per heavy atom. The summed E-state index contributed by atoms with van der Waals surface area (Å²) in [7, 11) is -3.75. The number of carbonyl (C=O) groups is 1. The molecule has 0 unspecified atom stereocenters. The molecule has 2 N–H and O–H groups in total. The Balaban J connectivity index is 1.45. The predicted octanol–water partition coefficient (Wildman–Crippen LogP) is 3.57. The topological polar surface area (TPSA) is 75.3 Å². The number of sulfonamides is 1. The Morgan fingerprint density at radius 3 is 2.67 bits per heavy atom. The molecule has 1 aromatic carbocycles. The quantitative estimate of drug-likeness (QED) is 0.606. The van der Waals surface area contributed by atoms with Crippen molar-refractivity contribution in [1.29, 1.82) is 0 Å². The van der Waals surface area contributed by atoms with E-state index in [-0.39, 0.29) is 0 Å². The van der Waals surface area contributed by atoms with Gasteiger partial charge in [0.1, 0.15) is 0 Å². The number of hydrogen-bond donors (Lipinski definition) is 2. The molecule has 0 spiro atoms. The Kier molecular flexibility index (Phi) is 5.16. The molecule has 0 radical (unpaired) electrons. The van der Waals surface area contributed by atoms with E-state index in [9.17, 15) is 13.2 Å². The fourth-order valence-electron chi connectivity index (χ4n) is 3.64. The predicted molar refractivity (Wildman–Crippen MR) is 108 cm³/mol. The van der Waals surface area contributed by atoms with Crippen molar-refractivity contribution in [2.45, 2.75) is 44.9 Å². The smallest absolute Gasteiger partial charge is 0.273 e. The molecule has 2 aliphatic carbocycles. The van der Waals surface area contributed by atoms with Crippen molar-refractivity contribution >= 4 is 33.3 Å². The van der Waals surface area contributed by atoms with Crippen LogP contribution in [-0.2, 0) is 29.3 Å². The number of fused-ring (bicyclic) bond motifs is 2. The lowest BCUT2D eigenvalue weighted by Crippen LogP contribution is -2.42. The van der Waals surface area contributed by atoms with Crippen LogP contribution in [0.5, 0.6) is 0 Å². The second kappa shape index (κ2) is 7.58. The maximum atomic E-state index is 12.6. The summed E-state index contributed by atoms with van der Waals surface area (Å²) in [6.45, 7) is 0. The maximum absolute atomic E-state index is 12.6. The van der Waals surface area contributed by atoms with E-state index in [0.29, 0.717) is 22.6 Å². The molecular formula is C20H22N2O3S2. The molecule has 5 nitrogen and oxygen atoms in total. The number of rotatable bonds is 4. The first-order valence-corrected chi connectivity index (χ1v) is 11.5. The summed E-state index contributed by atoms with van der Waals surface area (Å²) in [4.78, 5) is 16.8. The van der Waals surface area contributed by atoms with E-state index in [1.807, 2.05) is 30.3 Å². The molecule has 0 aliphatic heterocycles. The third-order valence-electron chi connectivity index (χ3n) is 5.13. The van der Waals surface area contributed by atoms with Crippen molar-refractivity contribution in [3.05, 3.63) is 61.7 Å². The highest BCUT2D eigenvalue weighted by Gasteiger charge is 2.23. The fraction of sp³-hybridized carbons (Fsp3) is 0.350. The number of thiophene rings is 1. The maximum Gasteiger partial charge on any atom is 0.276 e. The zero-order valence-electron chi connectivity index (χ0n) is 15.0. The van der Waals surface area contributed by atoms with Crippen LogP contribution in [0, 0.1) is 0 Å². The Morgan fingerprint density at radius 2 is 1.78 bits per heavy atom. The minimum absolute atomic E-state index is 0.295. The summed E-state index contributed by atoms with van der Waals surface area (Å²) in [5.41, 5.74) is 5.67. The van der Waals surface area contributed by atoms with Gasteiger partial charge in [-0.05, 0) is 67.4 Å². The van der Waals surface area contributed by atoms with Gasteiger partial charge >= 0.3 is 0 Å². The summed E-state index contributed by atoms with van der Waals surface area (Å²) in [6.07, 6.45) is 8.30. The van der Waals surface area contributed by atoms with Crippen LogP contribution in [0.2, 0.25) is 0 Å². The van der Waals surface area contributed by atoms with Crippen LogP contribution >= 0.6 is 11.3 Å². The van der Waals surface area contributed by atoms with Crippen LogP contribution in [-0.4, -0.2) is 14.3 Å². The fourth-order valence-corrected chi connectivity index (χ4v) is 5.80. The van der Waals surface area contributed by atoms with Gasteiger partial charge in [0.15, 0.2) is 0 Å². The summed E-state index contributed by atoms with van der Waals surface area (Å²) < 4.78 is 25.2. The third-order valence-corrected chi connectivity index (χ3v) is 7.75. The molecule has 0 atom stereocenters. The largest absolute Gasteiger partial charge is 0.276 e. The molecule has 7 heteroatoms. The third kappa shape index (κ3) is 4.00. The van der Waals surface area contributed by atoms with E-state index in [1.54, 1.807) is 6.08 Å². The van der Waals surface area contributed by atoms with Gasteiger partial charge in [0, 0.05) is 4.88 Å². The van der Waals surface area contributed by atoms with E-state index in [4.69, 9.17) is 0 Å². The van der Waals surface area contributed by atoms with Crippen molar-refractivity contribution in [3.8, 4) is 0 Å². The number of hydrogen-bond acceptors (Lipinski definition) is 4. The minimum atomic E-state index is -3.75. The summed E-state index contributed by atoms with van der Waals surface area (Å²) in [6, 6.07) is 9.66. The van der Waals surface area contributed by atoms with Crippen LogP contribution in [0.25, 0.3) is 6.08 Å². The van der Waals surface area contributed by atoms with E-state index in [1.165, 1.54) is 28.2 Å². The van der Waals surface area contributed by atoms with Crippen molar-refractivity contribution < 1.29 is 13.2 Å². The highest BCUT2D eigenvalue weighted by atomic mass is 32.2. The minimum Gasteiger partial charge on any atom is -0.273 e. The Hall–Kier alpha value is -1.96. The number of carbonyl (C=O) groups excluding carboxylic acids is 1. The number of amides is 1. The lowest BCUT2D eigenvalue weighted by molar-refractivity contribution is 0.0949. The molecule has 1 heterocycles. The molecule has 27 heavy (non-hydrogen) atoms. The average Bonchev–Trinajstić information content (AvgIpc) is 2.96. The molecule has 2 aliphatic rings. The number of aryl methyl sites for hydroxylation is 3. The lowest BCUT2D eigenvalue weighted by atomic mass is 9.98. The molecule has 0 fully saturated rings. The van der Waals surface area contributed by atoms with Crippen molar-refractivity contribution in [2.24, 2.45) is 0 Å². The van der Waals surface area contributed by atoms with Gasteiger partial charge in [-0.3, -0.25) is 10.2 Å². The van der Waals surface area contributed by atoms with Crippen molar-refractivity contribution in [3.63, 3.8) is 0 Å². The van der Waals surface area contributed by atoms with Gasteiger partial charge < -0.3 is 0 Å². The molecule has 142 valence electrons. The molecule has 0 saturated carbocycles. The van der Waals surface area contributed by atoms with Crippen LogP contribution in [0.1, 0.15) is 56.9 Å². The molecule has 4 rings (SSSR count). The molecule has 0 saturated heterocycles. The van der Waals surface area contributed by atoms with E-state index in [0.717, 1.165) is 36.8 Å². The molecule has 0 bridgehead atoms. The molecule has 1 aromatic heterocycles. The normalized spacial score (nSPS) is 16.7. The second-order valence-electron chi connectivity index (χ2n) is 6.99. The van der Waals surface area contributed by atoms with Gasteiger partial charge in [-0.15, -0.1) is 16.2 Å². The van der Waals surface area contributed by atoms with E-state index >= 15 is 0 Å². The van der Waals surface area contributed by atoms with Gasteiger partial charge in [0.2, 0.25) is 0 Å². The second-order valence-corrected chi connectivity index (χ2v) is 9.86. The van der Waals surface area contributed by atoms with Gasteiger partial charge in [-0.25, -0.2) is 8.42 Å². The highest BCUT2D eigenvalue weighted by molar-refractivity contribution is 7.93. The summed E-state index contributed by atoms with van der Waals surface area (Å²) >= 11 is 1.47. The molecular weight excluding hydrogens is 380 g/mol. The first kappa shape index (κ1) is 18.4. The SMILES string of the molecule is O=C(NNS(=O)(=O)C1=Cc2ccccc2CC1)c1cc2c(s1)CCCCC2.